The minimum atomic E-state index is -0.932. The van der Waals surface area contributed by atoms with Gasteiger partial charge < -0.3 is 14.6 Å². The van der Waals surface area contributed by atoms with E-state index in [4.69, 9.17) is 11.6 Å². The number of aromatic nitrogens is 1. The van der Waals surface area contributed by atoms with Crippen LogP contribution in [0.3, 0.4) is 0 Å². The van der Waals surface area contributed by atoms with Gasteiger partial charge in [0.05, 0.1) is 5.02 Å². The molecule has 2 aliphatic rings. The van der Waals surface area contributed by atoms with Crippen molar-refractivity contribution in [3.05, 3.63) is 23.0 Å². The van der Waals surface area contributed by atoms with Crippen molar-refractivity contribution in [3.63, 3.8) is 0 Å². The molecule has 0 aromatic carbocycles. The van der Waals surface area contributed by atoms with E-state index in [1.54, 1.807) is 12.3 Å². The highest BCUT2D eigenvalue weighted by Gasteiger charge is 2.41. The number of carbonyl (C=O) groups excluding carboxylic acids is 1. The maximum absolute atomic E-state index is 12.7. The van der Waals surface area contributed by atoms with Gasteiger partial charge in [-0.1, -0.05) is 18.5 Å². The number of halogens is 1. The van der Waals surface area contributed by atoms with Crippen LogP contribution >= 0.6 is 11.6 Å². The lowest BCUT2D eigenvalue weighted by Gasteiger charge is -2.24. The molecule has 20 heavy (non-hydrogen) atoms. The van der Waals surface area contributed by atoms with Crippen molar-refractivity contribution >= 4 is 23.5 Å². The molecular weight excluding hydrogens is 280 g/mol. The number of rotatable bonds is 3. The minimum absolute atomic E-state index is 0.0174. The second kappa shape index (κ2) is 4.81. The molecule has 1 aromatic heterocycles. The van der Waals surface area contributed by atoms with Crippen molar-refractivity contribution in [2.45, 2.75) is 38.3 Å². The minimum Gasteiger partial charge on any atom is -0.480 e. The van der Waals surface area contributed by atoms with Crippen molar-refractivity contribution in [2.24, 2.45) is 5.92 Å². The first-order chi connectivity index (χ1) is 9.49. The molecule has 1 saturated heterocycles. The Hall–Kier alpha value is -1.49. The van der Waals surface area contributed by atoms with Gasteiger partial charge in [0.15, 0.2) is 0 Å². The van der Waals surface area contributed by atoms with Crippen molar-refractivity contribution in [2.75, 3.05) is 6.54 Å². The van der Waals surface area contributed by atoms with Gasteiger partial charge in [-0.15, -0.1) is 0 Å². The molecule has 2 fully saturated rings. The van der Waals surface area contributed by atoms with E-state index in [1.807, 2.05) is 11.5 Å². The molecule has 3 rings (SSSR count). The molecule has 0 spiro atoms. The summed E-state index contributed by atoms with van der Waals surface area (Å²) in [7, 11) is 0. The molecule has 1 aliphatic heterocycles. The third-order valence-electron chi connectivity index (χ3n) is 4.19. The molecule has 0 bridgehead atoms. The Labute approximate surface area is 122 Å². The fourth-order valence-electron chi connectivity index (χ4n) is 2.97. The van der Waals surface area contributed by atoms with Gasteiger partial charge in [-0.3, -0.25) is 4.79 Å². The van der Waals surface area contributed by atoms with E-state index in [0.29, 0.717) is 23.3 Å². The topological polar surface area (TPSA) is 62.5 Å². The van der Waals surface area contributed by atoms with E-state index in [9.17, 15) is 14.7 Å². The number of likely N-dealkylation sites (tertiary alicyclic amines) is 1. The van der Waals surface area contributed by atoms with Crippen molar-refractivity contribution < 1.29 is 14.7 Å². The average molecular weight is 297 g/mol. The SMILES string of the molecule is CC1CCN(C(=O)c2cc(Cl)cn2C2CC2)C1C(=O)O. The predicted octanol–water partition coefficient (Wildman–Crippen LogP) is 2.41. The lowest BCUT2D eigenvalue weighted by atomic mass is 10.0. The van der Waals surface area contributed by atoms with Crippen LogP contribution in [-0.2, 0) is 4.79 Å². The second-order valence-electron chi connectivity index (χ2n) is 5.73. The molecular formula is C14H17ClN2O3. The van der Waals surface area contributed by atoms with Gasteiger partial charge >= 0.3 is 5.97 Å². The van der Waals surface area contributed by atoms with Crippen LogP contribution in [0.5, 0.6) is 0 Å². The number of nitrogens with zero attached hydrogens (tertiary/aromatic N) is 2. The highest BCUT2D eigenvalue weighted by atomic mass is 35.5. The van der Waals surface area contributed by atoms with Gasteiger partial charge in [-0.2, -0.15) is 0 Å². The third-order valence-corrected chi connectivity index (χ3v) is 4.40. The first kappa shape index (κ1) is 13.5. The Kier molecular flexibility index (Phi) is 3.24. The van der Waals surface area contributed by atoms with E-state index >= 15 is 0 Å². The number of aliphatic carboxylic acids is 1. The molecule has 1 aliphatic carbocycles. The van der Waals surface area contributed by atoms with Crippen LogP contribution in [0.4, 0.5) is 0 Å². The monoisotopic (exact) mass is 296 g/mol. The largest absolute Gasteiger partial charge is 0.480 e. The summed E-state index contributed by atoms with van der Waals surface area (Å²) in [5.41, 5.74) is 0.512. The number of carbonyl (C=O) groups is 2. The number of hydrogen-bond acceptors (Lipinski definition) is 2. The number of amides is 1. The Balaban J connectivity index is 1.90. The van der Waals surface area contributed by atoms with Gasteiger partial charge in [-0.25, -0.2) is 4.79 Å². The fraction of sp³-hybridized carbons (Fsp3) is 0.571. The Morgan fingerprint density at radius 1 is 1.35 bits per heavy atom. The van der Waals surface area contributed by atoms with Gasteiger partial charge in [-0.05, 0) is 31.2 Å². The zero-order chi connectivity index (χ0) is 14.4. The van der Waals surface area contributed by atoms with Gasteiger partial charge in [0.2, 0.25) is 0 Å². The predicted molar refractivity (Wildman–Crippen MR) is 74.0 cm³/mol. The second-order valence-corrected chi connectivity index (χ2v) is 6.17. The summed E-state index contributed by atoms with van der Waals surface area (Å²) in [5, 5.41) is 9.85. The van der Waals surface area contributed by atoms with E-state index in [2.05, 4.69) is 0 Å². The summed E-state index contributed by atoms with van der Waals surface area (Å²) < 4.78 is 1.90. The summed E-state index contributed by atoms with van der Waals surface area (Å²) in [6.07, 6.45) is 4.58. The van der Waals surface area contributed by atoms with Crippen LogP contribution in [0.1, 0.15) is 42.7 Å². The third kappa shape index (κ3) is 2.20. The normalized spacial score (nSPS) is 26.0. The first-order valence-corrected chi connectivity index (χ1v) is 7.28. The molecule has 1 N–H and O–H groups in total. The molecule has 6 heteroatoms. The molecule has 1 aromatic rings. The van der Waals surface area contributed by atoms with Crippen molar-refractivity contribution in [3.8, 4) is 0 Å². The van der Waals surface area contributed by atoms with Crippen LogP contribution in [0.25, 0.3) is 0 Å². The highest BCUT2D eigenvalue weighted by Crippen LogP contribution is 2.38. The van der Waals surface area contributed by atoms with Gasteiger partial charge in [0.25, 0.3) is 5.91 Å². The zero-order valence-corrected chi connectivity index (χ0v) is 12.0. The standard InChI is InChI=1S/C14H17ClN2O3/c1-8-4-5-16(12(8)14(19)20)13(18)11-6-9(15)7-17(11)10-2-3-10/h6-8,10,12H,2-5H2,1H3,(H,19,20). The smallest absolute Gasteiger partial charge is 0.326 e. The van der Waals surface area contributed by atoms with Gasteiger partial charge in [0, 0.05) is 18.8 Å². The van der Waals surface area contributed by atoms with Crippen LogP contribution in [-0.4, -0.2) is 39.0 Å². The summed E-state index contributed by atoms with van der Waals surface area (Å²) >= 11 is 6.01. The molecule has 108 valence electrons. The Morgan fingerprint density at radius 2 is 2.05 bits per heavy atom. The number of carboxylic acids is 1. The van der Waals surface area contributed by atoms with E-state index in [1.165, 1.54) is 4.90 Å². The number of hydrogen-bond donors (Lipinski definition) is 1. The van der Waals surface area contributed by atoms with Crippen molar-refractivity contribution in [1.29, 1.82) is 0 Å². The molecule has 1 amide bonds. The maximum Gasteiger partial charge on any atom is 0.326 e. The zero-order valence-electron chi connectivity index (χ0n) is 11.3. The summed E-state index contributed by atoms with van der Waals surface area (Å²) in [5.74, 6) is -1.17. The average Bonchev–Trinajstić information content (AvgIpc) is 3.05. The Bertz CT molecular complexity index is 565. The molecule has 2 atom stereocenters. The first-order valence-electron chi connectivity index (χ1n) is 6.90. The molecule has 2 heterocycles. The molecule has 2 unspecified atom stereocenters. The summed E-state index contributed by atoms with van der Waals surface area (Å²) in [6.45, 7) is 2.36. The van der Waals surface area contributed by atoms with Crippen LogP contribution < -0.4 is 0 Å². The summed E-state index contributed by atoms with van der Waals surface area (Å²) in [6, 6.07) is 1.25. The Morgan fingerprint density at radius 3 is 2.65 bits per heavy atom. The van der Waals surface area contributed by atoms with E-state index in [-0.39, 0.29) is 11.8 Å². The number of carboxylic acid groups (broad SMARTS) is 1. The van der Waals surface area contributed by atoms with Crippen LogP contribution in [0, 0.1) is 5.92 Å². The van der Waals surface area contributed by atoms with Gasteiger partial charge in [0.1, 0.15) is 11.7 Å². The lowest BCUT2D eigenvalue weighted by molar-refractivity contribution is -0.142. The van der Waals surface area contributed by atoms with E-state index in [0.717, 1.165) is 19.3 Å². The molecule has 0 radical (unpaired) electrons. The quantitative estimate of drug-likeness (QED) is 0.931. The van der Waals surface area contributed by atoms with Crippen LogP contribution in [0.15, 0.2) is 12.3 Å². The van der Waals surface area contributed by atoms with Crippen molar-refractivity contribution in [1.82, 2.24) is 9.47 Å². The fourth-order valence-corrected chi connectivity index (χ4v) is 3.18. The van der Waals surface area contributed by atoms with E-state index < -0.39 is 12.0 Å². The lowest BCUT2D eigenvalue weighted by Crippen LogP contribution is -2.43. The maximum atomic E-state index is 12.7. The molecule has 5 nitrogen and oxygen atoms in total. The van der Waals surface area contributed by atoms with Crippen LogP contribution in [0.2, 0.25) is 5.02 Å². The summed E-state index contributed by atoms with van der Waals surface area (Å²) in [4.78, 5) is 25.5. The molecule has 1 saturated carbocycles. The highest BCUT2D eigenvalue weighted by molar-refractivity contribution is 6.31.